The summed E-state index contributed by atoms with van der Waals surface area (Å²) in [6.07, 6.45) is 22.3. The standard InChI is InChI=1S/C28H44/c1-3-4-5-6-7-8-22-10-12-26-20-28(16-14-24(26)18-22)27-15-13-23-17-21(2)9-11-25(23)19-27/h9,11,17,22,24,26-28H,3-8,10,12-16,18-20H2,1-2H3. The van der Waals surface area contributed by atoms with Crippen molar-refractivity contribution < 1.29 is 0 Å². The van der Waals surface area contributed by atoms with Crippen LogP contribution >= 0.6 is 0 Å². The van der Waals surface area contributed by atoms with Crippen molar-refractivity contribution in [1.29, 1.82) is 0 Å². The predicted molar refractivity (Wildman–Crippen MR) is 122 cm³/mol. The molecule has 0 saturated heterocycles. The van der Waals surface area contributed by atoms with Crippen LogP contribution in [-0.4, -0.2) is 0 Å². The van der Waals surface area contributed by atoms with Crippen LogP contribution in [0.15, 0.2) is 18.2 Å². The maximum absolute atomic E-state index is 2.45. The third-order valence-electron chi connectivity index (χ3n) is 8.77. The van der Waals surface area contributed by atoms with E-state index in [4.69, 9.17) is 0 Å². The van der Waals surface area contributed by atoms with Crippen LogP contribution in [0.25, 0.3) is 0 Å². The summed E-state index contributed by atoms with van der Waals surface area (Å²) in [7, 11) is 0. The lowest BCUT2D eigenvalue weighted by molar-refractivity contribution is 0.0690. The van der Waals surface area contributed by atoms with Crippen molar-refractivity contribution in [3.8, 4) is 0 Å². The van der Waals surface area contributed by atoms with E-state index in [9.17, 15) is 0 Å². The highest BCUT2D eigenvalue weighted by molar-refractivity contribution is 5.33. The van der Waals surface area contributed by atoms with E-state index in [1.54, 1.807) is 43.2 Å². The Bertz CT molecular complexity index is 614. The highest BCUT2D eigenvalue weighted by Crippen LogP contribution is 2.49. The minimum atomic E-state index is 0.979. The molecule has 0 aromatic heterocycles. The Morgan fingerprint density at radius 3 is 2.36 bits per heavy atom. The monoisotopic (exact) mass is 380 g/mol. The number of unbranched alkanes of at least 4 members (excludes halogenated alkanes) is 4. The summed E-state index contributed by atoms with van der Waals surface area (Å²) >= 11 is 0. The van der Waals surface area contributed by atoms with Gasteiger partial charge in [-0.15, -0.1) is 0 Å². The minimum Gasteiger partial charge on any atom is -0.0654 e. The first-order valence-electron chi connectivity index (χ1n) is 12.8. The lowest BCUT2D eigenvalue weighted by atomic mass is 9.61. The van der Waals surface area contributed by atoms with E-state index in [0.717, 1.165) is 29.6 Å². The molecule has 3 aliphatic carbocycles. The number of hydrogen-bond acceptors (Lipinski definition) is 0. The maximum atomic E-state index is 2.45. The van der Waals surface area contributed by atoms with Crippen molar-refractivity contribution in [3.05, 3.63) is 34.9 Å². The number of benzene rings is 1. The SMILES string of the molecule is CCCCCCCC1CCC2CC(C3CCc4cc(C)ccc4C3)CCC2C1. The summed E-state index contributed by atoms with van der Waals surface area (Å²) in [5.74, 6) is 5.25. The molecular formula is C28H44. The molecule has 3 aliphatic rings. The van der Waals surface area contributed by atoms with Gasteiger partial charge in [-0.1, -0.05) is 75.6 Å². The van der Waals surface area contributed by atoms with Gasteiger partial charge in [0.2, 0.25) is 0 Å². The van der Waals surface area contributed by atoms with Crippen LogP contribution in [0.4, 0.5) is 0 Å². The Labute approximate surface area is 174 Å². The van der Waals surface area contributed by atoms with Gasteiger partial charge in [0.15, 0.2) is 0 Å². The summed E-state index contributed by atoms with van der Waals surface area (Å²) in [5, 5.41) is 0. The third kappa shape index (κ3) is 5.03. The van der Waals surface area contributed by atoms with E-state index >= 15 is 0 Å². The molecule has 0 radical (unpaired) electrons. The van der Waals surface area contributed by atoms with E-state index in [2.05, 4.69) is 32.0 Å². The molecule has 0 bridgehead atoms. The molecule has 28 heavy (non-hydrogen) atoms. The topological polar surface area (TPSA) is 0 Å². The predicted octanol–water partition coefficient (Wildman–Crippen LogP) is 8.29. The number of hydrogen-bond donors (Lipinski definition) is 0. The zero-order valence-electron chi connectivity index (χ0n) is 18.7. The molecular weight excluding hydrogens is 336 g/mol. The normalized spacial score (nSPS) is 32.6. The van der Waals surface area contributed by atoms with Gasteiger partial charge in [0.1, 0.15) is 0 Å². The smallest absolute Gasteiger partial charge is 0.0245 e. The molecule has 156 valence electrons. The van der Waals surface area contributed by atoms with Gasteiger partial charge >= 0.3 is 0 Å². The second-order valence-electron chi connectivity index (χ2n) is 10.8. The van der Waals surface area contributed by atoms with Gasteiger partial charge in [-0.05, 0) is 99.0 Å². The Balaban J connectivity index is 1.24. The molecule has 5 unspecified atom stereocenters. The van der Waals surface area contributed by atoms with Gasteiger partial charge < -0.3 is 0 Å². The summed E-state index contributed by atoms with van der Waals surface area (Å²) < 4.78 is 0. The van der Waals surface area contributed by atoms with E-state index in [0.29, 0.717) is 0 Å². The zero-order chi connectivity index (χ0) is 19.3. The quantitative estimate of drug-likeness (QED) is 0.417. The molecule has 1 aromatic rings. The summed E-state index contributed by atoms with van der Waals surface area (Å²) in [6, 6.07) is 7.22. The molecule has 0 heterocycles. The largest absolute Gasteiger partial charge is 0.0654 e. The van der Waals surface area contributed by atoms with Gasteiger partial charge in [0.25, 0.3) is 0 Å². The van der Waals surface area contributed by atoms with Crippen LogP contribution in [0.1, 0.15) is 107 Å². The van der Waals surface area contributed by atoms with Crippen LogP contribution in [-0.2, 0) is 12.8 Å². The first-order chi connectivity index (χ1) is 13.7. The molecule has 0 amide bonds. The Hall–Kier alpha value is -0.780. The van der Waals surface area contributed by atoms with Crippen molar-refractivity contribution in [3.63, 3.8) is 0 Å². The van der Waals surface area contributed by atoms with Crippen LogP contribution in [0, 0.1) is 36.5 Å². The fraction of sp³-hybridized carbons (Fsp3) is 0.786. The lowest BCUT2D eigenvalue weighted by Gasteiger charge is -2.45. The van der Waals surface area contributed by atoms with Gasteiger partial charge in [-0.25, -0.2) is 0 Å². The fourth-order valence-corrected chi connectivity index (χ4v) is 7.06. The zero-order valence-corrected chi connectivity index (χ0v) is 18.7. The second-order valence-corrected chi connectivity index (χ2v) is 10.8. The molecule has 2 fully saturated rings. The Morgan fingerprint density at radius 1 is 0.750 bits per heavy atom. The van der Waals surface area contributed by atoms with Gasteiger partial charge in [-0.2, -0.15) is 0 Å². The van der Waals surface area contributed by atoms with Gasteiger partial charge in [-0.3, -0.25) is 0 Å². The van der Waals surface area contributed by atoms with Crippen LogP contribution in [0.3, 0.4) is 0 Å². The van der Waals surface area contributed by atoms with E-state index in [-0.39, 0.29) is 0 Å². The minimum absolute atomic E-state index is 0.979. The van der Waals surface area contributed by atoms with E-state index < -0.39 is 0 Å². The van der Waals surface area contributed by atoms with Crippen LogP contribution in [0.5, 0.6) is 0 Å². The van der Waals surface area contributed by atoms with Gasteiger partial charge in [0, 0.05) is 0 Å². The van der Waals surface area contributed by atoms with Crippen molar-refractivity contribution >= 4 is 0 Å². The lowest BCUT2D eigenvalue weighted by Crippen LogP contribution is -2.35. The Morgan fingerprint density at radius 2 is 1.50 bits per heavy atom. The van der Waals surface area contributed by atoms with E-state index in [1.807, 2.05) is 0 Å². The first kappa shape index (κ1) is 20.5. The molecule has 0 spiro atoms. The van der Waals surface area contributed by atoms with Crippen molar-refractivity contribution in [2.75, 3.05) is 0 Å². The molecule has 2 saturated carbocycles. The number of fused-ring (bicyclic) bond motifs is 2. The molecule has 0 heteroatoms. The third-order valence-corrected chi connectivity index (χ3v) is 8.77. The average molecular weight is 381 g/mol. The molecule has 1 aromatic carbocycles. The molecule has 0 N–H and O–H groups in total. The molecule has 0 nitrogen and oxygen atoms in total. The molecule has 5 atom stereocenters. The second kappa shape index (κ2) is 9.82. The molecule has 4 rings (SSSR count). The van der Waals surface area contributed by atoms with Crippen LogP contribution in [0.2, 0.25) is 0 Å². The average Bonchev–Trinajstić information content (AvgIpc) is 2.73. The number of aryl methyl sites for hydroxylation is 2. The van der Waals surface area contributed by atoms with Crippen molar-refractivity contribution in [1.82, 2.24) is 0 Å². The summed E-state index contributed by atoms with van der Waals surface area (Å²) in [5.41, 5.74) is 4.78. The van der Waals surface area contributed by atoms with E-state index in [1.165, 1.54) is 69.8 Å². The highest BCUT2D eigenvalue weighted by atomic mass is 14.4. The Kier molecular flexibility index (Phi) is 7.18. The van der Waals surface area contributed by atoms with Gasteiger partial charge in [0.05, 0.1) is 0 Å². The van der Waals surface area contributed by atoms with Crippen LogP contribution < -0.4 is 0 Å². The fourth-order valence-electron chi connectivity index (χ4n) is 7.06. The highest BCUT2D eigenvalue weighted by Gasteiger charge is 2.38. The summed E-state index contributed by atoms with van der Waals surface area (Å²) in [6.45, 7) is 4.57. The first-order valence-corrected chi connectivity index (χ1v) is 12.8. The maximum Gasteiger partial charge on any atom is -0.0245 e. The number of rotatable bonds is 7. The molecule has 0 aliphatic heterocycles. The summed E-state index contributed by atoms with van der Waals surface area (Å²) in [4.78, 5) is 0. The van der Waals surface area contributed by atoms with Crippen molar-refractivity contribution in [2.24, 2.45) is 29.6 Å². The van der Waals surface area contributed by atoms with Crippen molar-refractivity contribution in [2.45, 2.75) is 110 Å².